The van der Waals surface area contributed by atoms with E-state index in [1.165, 1.54) is 11.1 Å². The maximum atomic E-state index is 12.9. The van der Waals surface area contributed by atoms with E-state index in [4.69, 9.17) is 14.0 Å². The van der Waals surface area contributed by atoms with Crippen LogP contribution in [0.4, 0.5) is 10.5 Å². The molecule has 3 aromatic carbocycles. The van der Waals surface area contributed by atoms with Crippen molar-refractivity contribution in [3.05, 3.63) is 95.0 Å². The van der Waals surface area contributed by atoms with Gasteiger partial charge in [0.25, 0.3) is 0 Å². The number of hydrogen-bond acceptors (Lipinski definition) is 6. The molecule has 1 fully saturated rings. The first-order valence-electron chi connectivity index (χ1n) is 13.0. The van der Waals surface area contributed by atoms with Crippen molar-refractivity contribution in [2.24, 2.45) is 4.99 Å². The first kappa shape index (κ1) is 26.6. The highest BCUT2D eigenvalue weighted by Gasteiger charge is 2.52. The molecule has 198 valence electrons. The van der Waals surface area contributed by atoms with Crippen molar-refractivity contribution < 1.29 is 23.6 Å². The van der Waals surface area contributed by atoms with Crippen LogP contribution < -0.4 is 5.32 Å². The fourth-order valence-electron chi connectivity index (χ4n) is 4.97. The predicted octanol–water partition coefficient (Wildman–Crippen LogP) is 6.21. The van der Waals surface area contributed by atoms with Crippen molar-refractivity contribution in [2.45, 2.75) is 44.8 Å². The Balaban J connectivity index is 1.31. The van der Waals surface area contributed by atoms with E-state index in [1.54, 1.807) is 24.3 Å². The highest BCUT2D eigenvalue weighted by molar-refractivity contribution is 6.56. The second-order valence-electron chi connectivity index (χ2n) is 10.8. The normalized spacial score (nSPS) is 17.2. The van der Waals surface area contributed by atoms with Crippen molar-refractivity contribution in [1.82, 2.24) is 5.32 Å². The number of carbonyl (C=O) groups is 1. The zero-order chi connectivity index (χ0) is 27.6. The summed E-state index contributed by atoms with van der Waals surface area (Å²) in [7, 11) is -0.679. The van der Waals surface area contributed by atoms with Crippen molar-refractivity contribution >= 4 is 31.1 Å². The van der Waals surface area contributed by atoms with Gasteiger partial charge in [-0.2, -0.15) is 4.99 Å². The largest absolute Gasteiger partial charge is 0.492 e. The monoisotopic (exact) mass is 522 g/mol. The third-order valence-electron chi connectivity index (χ3n) is 7.73. The van der Waals surface area contributed by atoms with E-state index in [1.807, 2.05) is 64.1 Å². The van der Waals surface area contributed by atoms with Crippen LogP contribution in [-0.4, -0.2) is 43.6 Å². The maximum absolute atomic E-state index is 12.9. The summed E-state index contributed by atoms with van der Waals surface area (Å²) in [5, 5.41) is 2.87. The molecule has 8 heteroatoms. The molecule has 1 heterocycles. The van der Waals surface area contributed by atoms with Crippen LogP contribution in [0.15, 0.2) is 83.3 Å². The van der Waals surface area contributed by atoms with Gasteiger partial charge in [0.1, 0.15) is 6.61 Å². The third-order valence-corrected chi connectivity index (χ3v) is 7.73. The zero-order valence-electron chi connectivity index (χ0n) is 22.6. The predicted molar refractivity (Wildman–Crippen MR) is 151 cm³/mol. The Morgan fingerprint density at radius 3 is 2.21 bits per heavy atom. The van der Waals surface area contributed by atoms with Crippen LogP contribution in [0.2, 0.25) is 0 Å². The van der Waals surface area contributed by atoms with E-state index in [-0.39, 0.29) is 19.1 Å². The minimum atomic E-state index is -0.679. The maximum Gasteiger partial charge on any atom is 0.492 e. The Labute approximate surface area is 229 Å². The molecule has 0 saturated carbocycles. The van der Waals surface area contributed by atoms with Gasteiger partial charge < -0.3 is 19.4 Å². The molecule has 0 spiro atoms. The Kier molecular flexibility index (Phi) is 7.28. The van der Waals surface area contributed by atoms with Crippen molar-refractivity contribution in [1.29, 1.82) is 0 Å². The molecule has 39 heavy (non-hydrogen) atoms. The standard InChI is InChI=1S/C31H31BN2O5/c1-30(2)31(3,4)39-32(38-30)22(16-21-10-9-11-23(17-21)34-20-35)18-33-29(36)37-19-28-26-14-7-5-12-24(26)25-13-6-8-15-27(25)28/h5-17,28H,18-19H2,1-4H3,(H,33,36). The molecule has 1 saturated heterocycles. The highest BCUT2D eigenvalue weighted by Crippen LogP contribution is 2.44. The van der Waals surface area contributed by atoms with Crippen molar-refractivity contribution in [3.8, 4) is 11.1 Å². The summed E-state index contributed by atoms with van der Waals surface area (Å²) in [5.41, 5.74) is 5.53. The van der Waals surface area contributed by atoms with E-state index in [0.29, 0.717) is 11.2 Å². The number of rotatable bonds is 7. The molecule has 1 aliphatic heterocycles. The second-order valence-corrected chi connectivity index (χ2v) is 10.8. The van der Waals surface area contributed by atoms with Crippen molar-refractivity contribution in [2.75, 3.05) is 13.2 Å². The minimum Gasteiger partial charge on any atom is -0.449 e. The van der Waals surface area contributed by atoms with Gasteiger partial charge in [0.05, 0.1) is 16.9 Å². The quantitative estimate of drug-likeness (QED) is 0.227. The van der Waals surface area contributed by atoms with Gasteiger partial charge in [-0.05, 0) is 73.1 Å². The molecule has 0 aromatic heterocycles. The fourth-order valence-corrected chi connectivity index (χ4v) is 4.97. The van der Waals surface area contributed by atoms with E-state index in [9.17, 15) is 9.59 Å². The van der Waals surface area contributed by atoms with Crippen LogP contribution in [-0.2, 0) is 18.8 Å². The van der Waals surface area contributed by atoms with Gasteiger partial charge in [-0.1, -0.05) is 66.7 Å². The average molecular weight is 522 g/mol. The number of ether oxygens (including phenoxy) is 1. The molecular formula is C31H31BN2O5. The molecule has 0 bridgehead atoms. The first-order chi connectivity index (χ1) is 18.7. The van der Waals surface area contributed by atoms with Gasteiger partial charge in [-0.3, -0.25) is 0 Å². The third kappa shape index (κ3) is 5.45. The number of nitrogens with one attached hydrogen (secondary N) is 1. The first-order valence-corrected chi connectivity index (χ1v) is 13.0. The Bertz CT molecular complexity index is 1410. The number of nitrogens with zero attached hydrogens (tertiary/aromatic N) is 1. The van der Waals surface area contributed by atoms with Crippen LogP contribution in [0.5, 0.6) is 0 Å². The summed E-state index contributed by atoms with van der Waals surface area (Å²) < 4.78 is 18.2. The zero-order valence-corrected chi connectivity index (χ0v) is 22.6. The Morgan fingerprint density at radius 1 is 0.974 bits per heavy atom. The molecule has 7 nitrogen and oxygen atoms in total. The number of aliphatic imine (C=N–C) groups is 1. The van der Waals surface area contributed by atoms with Crippen molar-refractivity contribution in [3.63, 3.8) is 0 Å². The van der Waals surface area contributed by atoms with Crippen LogP contribution in [0.25, 0.3) is 17.2 Å². The fraction of sp³-hybridized carbons (Fsp3) is 0.290. The van der Waals surface area contributed by atoms with E-state index in [0.717, 1.165) is 16.7 Å². The number of amides is 1. The lowest BCUT2D eigenvalue weighted by atomic mass is 9.77. The molecular weight excluding hydrogens is 491 g/mol. The number of alkyl carbamates (subject to hydrolysis) is 1. The minimum absolute atomic E-state index is 0.0256. The molecule has 5 rings (SSSR count). The van der Waals surface area contributed by atoms with E-state index >= 15 is 0 Å². The highest BCUT2D eigenvalue weighted by atomic mass is 16.7. The van der Waals surface area contributed by atoms with E-state index in [2.05, 4.69) is 34.6 Å². The Hall–Kier alpha value is -3.97. The van der Waals surface area contributed by atoms with Gasteiger partial charge in [-0.25, -0.2) is 9.59 Å². The van der Waals surface area contributed by atoms with Crippen LogP contribution >= 0.6 is 0 Å². The topological polar surface area (TPSA) is 86.2 Å². The lowest BCUT2D eigenvalue weighted by Crippen LogP contribution is -2.41. The summed E-state index contributed by atoms with van der Waals surface area (Å²) in [6, 6.07) is 23.6. The number of isocyanates is 1. The SMILES string of the molecule is CC1(C)OB(C(=Cc2cccc(N=C=O)c2)CNC(=O)OCC2c3ccccc3-c3ccccc32)OC1(C)C. The molecule has 1 amide bonds. The van der Waals surface area contributed by atoms with Gasteiger partial charge in [0, 0.05) is 12.5 Å². The van der Waals surface area contributed by atoms with Crippen LogP contribution in [0.3, 0.4) is 0 Å². The number of hydrogen-bond donors (Lipinski definition) is 1. The van der Waals surface area contributed by atoms with E-state index < -0.39 is 24.4 Å². The van der Waals surface area contributed by atoms with Gasteiger partial charge in [0.15, 0.2) is 0 Å². The van der Waals surface area contributed by atoms with Gasteiger partial charge in [0.2, 0.25) is 6.08 Å². The number of carbonyl (C=O) groups excluding carboxylic acids is 2. The number of benzene rings is 3. The summed E-state index contributed by atoms with van der Waals surface area (Å²) in [6.07, 6.45) is 2.90. The Morgan fingerprint density at radius 2 is 1.59 bits per heavy atom. The van der Waals surface area contributed by atoms with Gasteiger partial charge >= 0.3 is 13.2 Å². The summed E-state index contributed by atoms with van der Waals surface area (Å²) >= 11 is 0. The smallest absolute Gasteiger partial charge is 0.449 e. The molecule has 2 aliphatic rings. The lowest BCUT2D eigenvalue weighted by Gasteiger charge is -2.32. The molecule has 1 N–H and O–H groups in total. The molecule has 1 aliphatic carbocycles. The summed E-state index contributed by atoms with van der Waals surface area (Å²) in [5.74, 6) is -0.0256. The molecule has 0 atom stereocenters. The second kappa shape index (κ2) is 10.7. The van der Waals surface area contributed by atoms with Gasteiger partial charge in [-0.15, -0.1) is 0 Å². The molecule has 0 unspecified atom stereocenters. The number of fused-ring (bicyclic) bond motifs is 3. The molecule has 3 aromatic rings. The van der Waals surface area contributed by atoms with Crippen LogP contribution in [0, 0.1) is 0 Å². The lowest BCUT2D eigenvalue weighted by molar-refractivity contribution is 0.00578. The summed E-state index contributed by atoms with van der Waals surface area (Å²) in [6.45, 7) is 8.27. The average Bonchev–Trinajstić information content (AvgIpc) is 3.34. The summed E-state index contributed by atoms with van der Waals surface area (Å²) in [4.78, 5) is 27.3. The van der Waals surface area contributed by atoms with Crippen LogP contribution in [0.1, 0.15) is 50.3 Å². The molecule has 0 radical (unpaired) electrons.